The Labute approximate surface area is 210 Å². The Balaban J connectivity index is 1.73. The summed E-state index contributed by atoms with van der Waals surface area (Å²) in [6.07, 6.45) is 10.1. The normalized spacial score (nSPS) is 19.1. The molecule has 182 valence electrons. The predicted molar refractivity (Wildman–Crippen MR) is 139 cm³/mol. The van der Waals surface area contributed by atoms with Crippen LogP contribution in [0.3, 0.4) is 0 Å². The van der Waals surface area contributed by atoms with Gasteiger partial charge in [0.2, 0.25) is 0 Å². The van der Waals surface area contributed by atoms with Crippen molar-refractivity contribution in [2.24, 2.45) is 0 Å². The van der Waals surface area contributed by atoms with E-state index in [2.05, 4.69) is 0 Å². The molecule has 0 saturated carbocycles. The zero-order valence-corrected chi connectivity index (χ0v) is 20.7. The number of aromatic nitrogens is 1. The lowest BCUT2D eigenvalue weighted by molar-refractivity contribution is -0.137. The van der Waals surface area contributed by atoms with Crippen molar-refractivity contribution in [3.63, 3.8) is 0 Å². The van der Waals surface area contributed by atoms with E-state index >= 15 is 0 Å². The van der Waals surface area contributed by atoms with E-state index in [0.717, 1.165) is 22.0 Å². The standard InChI is InChI=1S/C29H30ClNO4/c1-20-9-11-22(12-10-20)26(13-17-30)35-29(15-4-3-5-16-29)28(34)24-7-6-8-25-23(24)14-18-31(25)21(2)19-27(32)33/h3-12,14-15,18,21,26H,13,16-17,19H2,1-2H3,(H,32,33). The van der Waals surface area contributed by atoms with Crippen molar-refractivity contribution in [3.8, 4) is 0 Å². The highest BCUT2D eigenvalue weighted by atomic mass is 35.5. The molecule has 5 nitrogen and oxygen atoms in total. The molecule has 0 amide bonds. The SMILES string of the molecule is Cc1ccc(C(CCCl)OC2(C(=O)c3cccc4c3ccn4C(C)CC(=O)O)C=CC=CC2)cc1. The number of allylic oxidation sites excluding steroid dienone is 2. The molecular weight excluding hydrogens is 462 g/mol. The quantitative estimate of drug-likeness (QED) is 0.250. The van der Waals surface area contributed by atoms with Crippen LogP contribution >= 0.6 is 11.6 Å². The van der Waals surface area contributed by atoms with Crippen LogP contribution in [0.15, 0.2) is 79.0 Å². The van der Waals surface area contributed by atoms with Gasteiger partial charge >= 0.3 is 5.97 Å². The highest BCUT2D eigenvalue weighted by molar-refractivity contribution is 6.17. The van der Waals surface area contributed by atoms with Gasteiger partial charge in [0.15, 0.2) is 11.4 Å². The van der Waals surface area contributed by atoms with Crippen LogP contribution in [0.4, 0.5) is 0 Å². The molecule has 1 heterocycles. The van der Waals surface area contributed by atoms with Crippen LogP contribution in [0.25, 0.3) is 10.9 Å². The first kappa shape index (κ1) is 25.0. The van der Waals surface area contributed by atoms with Crippen molar-refractivity contribution in [1.82, 2.24) is 4.57 Å². The van der Waals surface area contributed by atoms with E-state index in [9.17, 15) is 14.7 Å². The lowest BCUT2D eigenvalue weighted by Gasteiger charge is -2.34. The Bertz CT molecular complexity index is 1270. The lowest BCUT2D eigenvalue weighted by atomic mass is 9.85. The number of halogens is 1. The highest BCUT2D eigenvalue weighted by Gasteiger charge is 2.40. The highest BCUT2D eigenvalue weighted by Crippen LogP contribution is 2.37. The number of Topliss-reactive ketones (excluding diaryl/α,β-unsaturated/α-hetero) is 1. The van der Waals surface area contributed by atoms with Crippen molar-refractivity contribution in [3.05, 3.63) is 95.7 Å². The van der Waals surface area contributed by atoms with Gasteiger partial charge in [-0.1, -0.05) is 60.2 Å². The maximum atomic E-state index is 14.2. The van der Waals surface area contributed by atoms with Gasteiger partial charge in [-0.25, -0.2) is 0 Å². The molecule has 0 saturated heterocycles. The number of aliphatic carboxylic acids is 1. The average Bonchev–Trinajstić information content (AvgIpc) is 3.29. The summed E-state index contributed by atoms with van der Waals surface area (Å²) in [7, 11) is 0. The molecule has 3 aromatic rings. The monoisotopic (exact) mass is 491 g/mol. The fourth-order valence-corrected chi connectivity index (χ4v) is 4.89. The Morgan fingerprint density at radius 2 is 1.91 bits per heavy atom. The lowest BCUT2D eigenvalue weighted by Crippen LogP contribution is -2.41. The maximum Gasteiger partial charge on any atom is 0.305 e. The minimum Gasteiger partial charge on any atom is -0.481 e. The summed E-state index contributed by atoms with van der Waals surface area (Å²) >= 11 is 6.14. The van der Waals surface area contributed by atoms with Gasteiger partial charge in [-0.05, 0) is 44.0 Å². The summed E-state index contributed by atoms with van der Waals surface area (Å²) < 4.78 is 8.57. The van der Waals surface area contributed by atoms with Crippen LogP contribution in [0.2, 0.25) is 0 Å². The molecule has 0 fully saturated rings. The summed E-state index contributed by atoms with van der Waals surface area (Å²) in [5, 5.41) is 10.0. The molecule has 0 aliphatic heterocycles. The van der Waals surface area contributed by atoms with Crippen LogP contribution in [0.1, 0.15) is 59.8 Å². The number of alkyl halides is 1. The van der Waals surface area contributed by atoms with Crippen LogP contribution < -0.4 is 0 Å². The summed E-state index contributed by atoms with van der Waals surface area (Å²) in [5.41, 5.74) is 2.35. The van der Waals surface area contributed by atoms with Crippen LogP contribution in [0, 0.1) is 6.92 Å². The first-order chi connectivity index (χ1) is 16.8. The molecule has 35 heavy (non-hydrogen) atoms. The van der Waals surface area contributed by atoms with E-state index in [0.29, 0.717) is 24.3 Å². The van der Waals surface area contributed by atoms with E-state index in [1.165, 1.54) is 0 Å². The van der Waals surface area contributed by atoms with Gasteiger partial charge in [-0.3, -0.25) is 9.59 Å². The topological polar surface area (TPSA) is 68.5 Å². The molecule has 0 spiro atoms. The van der Waals surface area contributed by atoms with E-state index in [-0.39, 0.29) is 24.3 Å². The van der Waals surface area contributed by atoms with Crippen LogP contribution in [-0.4, -0.2) is 32.9 Å². The summed E-state index contributed by atoms with van der Waals surface area (Å²) in [4.78, 5) is 25.4. The number of aryl methyl sites for hydroxylation is 1. The molecule has 1 N–H and O–H groups in total. The molecule has 1 aliphatic rings. The third-order valence-corrected chi connectivity index (χ3v) is 6.76. The van der Waals surface area contributed by atoms with Crippen molar-refractivity contribution in [1.29, 1.82) is 0 Å². The average molecular weight is 492 g/mol. The Morgan fingerprint density at radius 1 is 1.14 bits per heavy atom. The number of ketones is 1. The minimum atomic E-state index is -1.17. The fourth-order valence-electron chi connectivity index (χ4n) is 4.69. The number of nitrogens with zero attached hydrogens (tertiary/aromatic N) is 1. The van der Waals surface area contributed by atoms with E-state index in [4.69, 9.17) is 16.3 Å². The van der Waals surface area contributed by atoms with Gasteiger partial charge in [-0.2, -0.15) is 0 Å². The number of carbonyl (C=O) groups excluding carboxylic acids is 1. The molecule has 4 rings (SSSR count). The van der Waals surface area contributed by atoms with Gasteiger partial charge in [0, 0.05) is 41.0 Å². The zero-order chi connectivity index (χ0) is 25.0. The zero-order valence-electron chi connectivity index (χ0n) is 20.0. The van der Waals surface area contributed by atoms with E-state index < -0.39 is 11.6 Å². The Kier molecular flexibility index (Phi) is 7.58. The number of ether oxygens (including phenoxy) is 1. The van der Waals surface area contributed by atoms with E-state index in [1.807, 2.05) is 97.4 Å². The summed E-state index contributed by atoms with van der Waals surface area (Å²) in [6.45, 7) is 3.89. The number of carbonyl (C=O) groups is 2. The third kappa shape index (κ3) is 5.26. The molecule has 3 unspecified atom stereocenters. The van der Waals surface area contributed by atoms with Gasteiger partial charge < -0.3 is 14.4 Å². The minimum absolute atomic E-state index is 0.000802. The molecular formula is C29H30ClNO4. The van der Waals surface area contributed by atoms with Gasteiger partial charge in [0.05, 0.1) is 12.5 Å². The number of benzene rings is 2. The second kappa shape index (κ2) is 10.6. The maximum absolute atomic E-state index is 14.2. The molecule has 0 bridgehead atoms. The van der Waals surface area contributed by atoms with Gasteiger partial charge in [0.1, 0.15) is 0 Å². The molecule has 0 radical (unpaired) electrons. The van der Waals surface area contributed by atoms with Crippen molar-refractivity contribution in [2.45, 2.75) is 50.9 Å². The molecule has 2 aromatic carbocycles. The second-order valence-corrected chi connectivity index (χ2v) is 9.49. The van der Waals surface area contributed by atoms with Crippen molar-refractivity contribution >= 4 is 34.3 Å². The Morgan fingerprint density at radius 3 is 2.57 bits per heavy atom. The third-order valence-electron chi connectivity index (χ3n) is 6.54. The molecule has 3 atom stereocenters. The van der Waals surface area contributed by atoms with Gasteiger partial charge in [0.25, 0.3) is 0 Å². The largest absolute Gasteiger partial charge is 0.481 e. The fraction of sp³-hybridized carbons (Fsp3) is 0.310. The second-order valence-electron chi connectivity index (χ2n) is 9.11. The number of carboxylic acid groups (broad SMARTS) is 1. The first-order valence-corrected chi connectivity index (χ1v) is 12.4. The van der Waals surface area contributed by atoms with Crippen LogP contribution in [0.5, 0.6) is 0 Å². The number of carboxylic acids is 1. The Hall–Kier alpha value is -3.15. The number of hydrogen-bond donors (Lipinski definition) is 1. The molecule has 1 aromatic heterocycles. The van der Waals surface area contributed by atoms with Crippen molar-refractivity contribution < 1.29 is 19.4 Å². The van der Waals surface area contributed by atoms with E-state index in [1.54, 1.807) is 0 Å². The number of fused-ring (bicyclic) bond motifs is 1. The molecule has 6 heteroatoms. The number of rotatable bonds is 10. The van der Waals surface area contributed by atoms with Crippen molar-refractivity contribution in [2.75, 3.05) is 5.88 Å². The number of hydrogen-bond acceptors (Lipinski definition) is 3. The molecule has 1 aliphatic carbocycles. The van der Waals surface area contributed by atoms with Crippen LogP contribution in [-0.2, 0) is 9.53 Å². The predicted octanol–water partition coefficient (Wildman–Crippen LogP) is 6.81. The smallest absolute Gasteiger partial charge is 0.305 e. The summed E-state index contributed by atoms with van der Waals surface area (Å²) in [6, 6.07) is 15.3. The summed E-state index contributed by atoms with van der Waals surface area (Å²) in [5.74, 6) is -0.582. The van der Waals surface area contributed by atoms with Gasteiger partial charge in [-0.15, -0.1) is 11.6 Å². The first-order valence-electron chi connectivity index (χ1n) is 11.9.